The Bertz CT molecular complexity index is 458. The van der Waals surface area contributed by atoms with Crippen LogP contribution in [0.4, 0.5) is 4.39 Å². The van der Waals surface area contributed by atoms with Gasteiger partial charge in [-0.1, -0.05) is 26.0 Å². The fourth-order valence-corrected chi connectivity index (χ4v) is 1.71. The van der Waals surface area contributed by atoms with E-state index in [0.29, 0.717) is 19.0 Å². The van der Waals surface area contributed by atoms with Crippen LogP contribution in [0.3, 0.4) is 0 Å². The minimum Gasteiger partial charge on any atom is -0.356 e. The van der Waals surface area contributed by atoms with E-state index in [-0.39, 0.29) is 30.5 Å². The lowest BCUT2D eigenvalue weighted by atomic mass is 10.1. The van der Waals surface area contributed by atoms with Gasteiger partial charge in [0.15, 0.2) is 0 Å². The average molecular weight is 294 g/mol. The molecule has 0 aliphatic carbocycles. The van der Waals surface area contributed by atoms with Crippen LogP contribution in [-0.2, 0) is 16.1 Å². The van der Waals surface area contributed by atoms with Gasteiger partial charge in [-0.25, -0.2) is 4.39 Å². The number of amides is 2. The van der Waals surface area contributed by atoms with Gasteiger partial charge in [-0.3, -0.25) is 9.59 Å². The summed E-state index contributed by atoms with van der Waals surface area (Å²) in [5.41, 5.74) is 0.825. The Labute approximate surface area is 125 Å². The van der Waals surface area contributed by atoms with Crippen molar-refractivity contribution in [3.05, 3.63) is 35.6 Å². The molecule has 0 saturated heterocycles. The average Bonchev–Trinajstić information content (AvgIpc) is 2.44. The Balaban J connectivity index is 2.16. The van der Waals surface area contributed by atoms with Crippen molar-refractivity contribution in [3.8, 4) is 0 Å². The molecule has 1 rings (SSSR count). The molecule has 0 heterocycles. The van der Waals surface area contributed by atoms with Gasteiger partial charge in [0.1, 0.15) is 5.82 Å². The van der Waals surface area contributed by atoms with Crippen LogP contribution in [0.25, 0.3) is 0 Å². The van der Waals surface area contributed by atoms with E-state index in [1.54, 1.807) is 12.1 Å². The second kappa shape index (κ2) is 9.10. The van der Waals surface area contributed by atoms with E-state index in [2.05, 4.69) is 24.5 Å². The Morgan fingerprint density at radius 1 is 1.05 bits per heavy atom. The number of hydrogen-bond acceptors (Lipinski definition) is 2. The lowest BCUT2D eigenvalue weighted by molar-refractivity contribution is -0.126. The van der Waals surface area contributed by atoms with Crippen molar-refractivity contribution in [2.24, 2.45) is 5.92 Å². The molecule has 2 amide bonds. The van der Waals surface area contributed by atoms with Crippen molar-refractivity contribution in [2.75, 3.05) is 6.54 Å². The molecule has 0 saturated carbocycles. The number of halogens is 1. The first-order chi connectivity index (χ1) is 9.97. The summed E-state index contributed by atoms with van der Waals surface area (Å²) in [5.74, 6) is -0.0432. The van der Waals surface area contributed by atoms with Crippen LogP contribution in [0.1, 0.15) is 38.7 Å². The third-order valence-electron chi connectivity index (χ3n) is 3.03. The zero-order valence-electron chi connectivity index (χ0n) is 12.6. The predicted octanol–water partition coefficient (Wildman–Crippen LogP) is 2.38. The van der Waals surface area contributed by atoms with Gasteiger partial charge < -0.3 is 10.6 Å². The van der Waals surface area contributed by atoms with E-state index in [9.17, 15) is 14.0 Å². The third-order valence-corrected chi connectivity index (χ3v) is 3.03. The highest BCUT2D eigenvalue weighted by atomic mass is 19.1. The maximum Gasteiger partial charge on any atom is 0.220 e. The number of hydrogen-bond donors (Lipinski definition) is 2. The van der Waals surface area contributed by atoms with Crippen molar-refractivity contribution in [2.45, 2.75) is 39.7 Å². The molecule has 0 aliphatic heterocycles. The van der Waals surface area contributed by atoms with Gasteiger partial charge >= 0.3 is 0 Å². The van der Waals surface area contributed by atoms with Crippen molar-refractivity contribution in [1.82, 2.24) is 10.6 Å². The highest BCUT2D eigenvalue weighted by Gasteiger charge is 2.06. The topological polar surface area (TPSA) is 58.2 Å². The summed E-state index contributed by atoms with van der Waals surface area (Å²) in [6, 6.07) is 5.94. The predicted molar refractivity (Wildman–Crippen MR) is 79.9 cm³/mol. The third kappa shape index (κ3) is 8.07. The molecule has 4 nitrogen and oxygen atoms in total. The van der Waals surface area contributed by atoms with E-state index in [4.69, 9.17) is 0 Å². The van der Waals surface area contributed by atoms with Gasteiger partial charge in [0.2, 0.25) is 11.8 Å². The zero-order valence-corrected chi connectivity index (χ0v) is 12.6. The zero-order chi connectivity index (χ0) is 15.7. The molecule has 116 valence electrons. The highest BCUT2D eigenvalue weighted by Crippen LogP contribution is 2.02. The molecular formula is C16H23FN2O2. The van der Waals surface area contributed by atoms with E-state index in [1.165, 1.54) is 12.1 Å². The van der Waals surface area contributed by atoms with Gasteiger partial charge in [-0.2, -0.15) is 0 Å². The number of carbonyl (C=O) groups is 2. The smallest absolute Gasteiger partial charge is 0.220 e. The summed E-state index contributed by atoms with van der Waals surface area (Å²) < 4.78 is 12.7. The van der Waals surface area contributed by atoms with Crippen LogP contribution >= 0.6 is 0 Å². The lowest BCUT2D eigenvalue weighted by Gasteiger charge is -2.08. The fraction of sp³-hybridized carbons (Fsp3) is 0.500. The normalized spacial score (nSPS) is 10.5. The molecular weight excluding hydrogens is 271 g/mol. The van der Waals surface area contributed by atoms with Crippen LogP contribution in [0.2, 0.25) is 0 Å². The number of rotatable bonds is 8. The summed E-state index contributed by atoms with van der Waals surface area (Å²) in [5, 5.41) is 5.50. The summed E-state index contributed by atoms with van der Waals surface area (Å²) in [7, 11) is 0. The second-order valence-corrected chi connectivity index (χ2v) is 5.44. The van der Waals surface area contributed by atoms with Crippen LogP contribution < -0.4 is 10.6 Å². The first-order valence-corrected chi connectivity index (χ1v) is 7.25. The monoisotopic (exact) mass is 294 g/mol. The standard InChI is InChI=1S/C16H23FN2O2/c1-12(2)9-10-18-15(20)7-8-16(21)19-11-13-3-5-14(17)6-4-13/h3-6,12H,7-11H2,1-2H3,(H,18,20)(H,19,21). The molecule has 0 aliphatic rings. The van der Waals surface area contributed by atoms with Crippen LogP contribution in [0.5, 0.6) is 0 Å². The largest absolute Gasteiger partial charge is 0.356 e. The Morgan fingerprint density at radius 2 is 1.62 bits per heavy atom. The SMILES string of the molecule is CC(C)CCNC(=O)CCC(=O)NCc1ccc(F)cc1. The van der Waals surface area contributed by atoms with Crippen molar-refractivity contribution >= 4 is 11.8 Å². The molecule has 0 spiro atoms. The molecule has 0 unspecified atom stereocenters. The highest BCUT2D eigenvalue weighted by molar-refractivity contribution is 5.83. The van der Waals surface area contributed by atoms with Crippen LogP contribution in [0.15, 0.2) is 24.3 Å². The van der Waals surface area contributed by atoms with Crippen molar-refractivity contribution in [3.63, 3.8) is 0 Å². The first kappa shape index (κ1) is 17.1. The number of benzene rings is 1. The molecule has 1 aromatic rings. The minimum absolute atomic E-state index is 0.104. The summed E-state index contributed by atoms with van der Waals surface area (Å²) in [6.45, 7) is 5.17. The van der Waals surface area contributed by atoms with Gasteiger partial charge in [0.25, 0.3) is 0 Å². The Kier molecular flexibility index (Phi) is 7.43. The lowest BCUT2D eigenvalue weighted by Crippen LogP contribution is -2.28. The second-order valence-electron chi connectivity index (χ2n) is 5.44. The fourth-order valence-electron chi connectivity index (χ4n) is 1.71. The van der Waals surface area contributed by atoms with Gasteiger partial charge in [0, 0.05) is 25.9 Å². The van der Waals surface area contributed by atoms with Crippen LogP contribution in [0, 0.1) is 11.7 Å². The van der Waals surface area contributed by atoms with Gasteiger partial charge in [-0.05, 0) is 30.0 Å². The Morgan fingerprint density at radius 3 is 2.19 bits per heavy atom. The van der Waals surface area contributed by atoms with Crippen molar-refractivity contribution < 1.29 is 14.0 Å². The summed E-state index contributed by atoms with van der Waals surface area (Å²) >= 11 is 0. The molecule has 21 heavy (non-hydrogen) atoms. The quantitative estimate of drug-likeness (QED) is 0.773. The van der Waals surface area contributed by atoms with Crippen LogP contribution in [-0.4, -0.2) is 18.4 Å². The molecule has 0 bridgehead atoms. The minimum atomic E-state index is -0.303. The molecule has 5 heteroatoms. The number of nitrogens with one attached hydrogen (secondary N) is 2. The van der Waals surface area contributed by atoms with Crippen molar-refractivity contribution in [1.29, 1.82) is 0 Å². The number of carbonyl (C=O) groups excluding carboxylic acids is 2. The van der Waals surface area contributed by atoms with E-state index < -0.39 is 0 Å². The van der Waals surface area contributed by atoms with Gasteiger partial charge in [0.05, 0.1) is 0 Å². The van der Waals surface area contributed by atoms with E-state index in [1.807, 2.05) is 0 Å². The molecule has 0 aromatic heterocycles. The molecule has 0 radical (unpaired) electrons. The molecule has 2 N–H and O–H groups in total. The van der Waals surface area contributed by atoms with E-state index in [0.717, 1.165) is 12.0 Å². The van der Waals surface area contributed by atoms with Gasteiger partial charge in [-0.15, -0.1) is 0 Å². The maximum absolute atomic E-state index is 12.7. The maximum atomic E-state index is 12.7. The summed E-state index contributed by atoms with van der Waals surface area (Å²) in [6.07, 6.45) is 1.28. The molecule has 1 aromatic carbocycles. The van der Waals surface area contributed by atoms with E-state index >= 15 is 0 Å². The molecule has 0 fully saturated rings. The molecule has 0 atom stereocenters. The first-order valence-electron chi connectivity index (χ1n) is 7.25. The summed E-state index contributed by atoms with van der Waals surface area (Å²) in [4.78, 5) is 23.1. The Hall–Kier alpha value is -1.91.